The fourth-order valence-corrected chi connectivity index (χ4v) is 2.30. The summed E-state index contributed by atoms with van der Waals surface area (Å²) in [6, 6.07) is 6.39. The van der Waals surface area contributed by atoms with Crippen molar-refractivity contribution in [3.8, 4) is 5.75 Å². The highest BCUT2D eigenvalue weighted by atomic mass is 32.2. The predicted octanol–water partition coefficient (Wildman–Crippen LogP) is 1.43. The fourth-order valence-electron chi connectivity index (χ4n) is 1.51. The van der Waals surface area contributed by atoms with Crippen molar-refractivity contribution in [1.29, 1.82) is 0 Å². The highest BCUT2D eigenvalue weighted by Gasteiger charge is 2.05. The van der Waals surface area contributed by atoms with Gasteiger partial charge in [-0.05, 0) is 41.1 Å². The Balaban J connectivity index is 1.68. The number of aromatic nitrogens is 4. The van der Waals surface area contributed by atoms with Crippen LogP contribution in [0.5, 0.6) is 5.75 Å². The number of hydrogen-bond acceptors (Lipinski definition) is 6. The van der Waals surface area contributed by atoms with E-state index in [0.717, 1.165) is 17.3 Å². The lowest BCUT2D eigenvalue weighted by atomic mass is 10.2. The summed E-state index contributed by atoms with van der Waals surface area (Å²) in [5.41, 5.74) is 0.679. The standard InChI is InChI=1S/C12H15N5O2S/c1-17-12(14-15-16-17)20-8-2-3-11(19)13-9-4-6-10(18)7-5-9/h4-7,18H,2-3,8H2,1H3,(H,13,19). The number of phenolic OH excluding ortho intramolecular Hbond substituents is 1. The molecule has 20 heavy (non-hydrogen) atoms. The number of thioether (sulfide) groups is 1. The van der Waals surface area contributed by atoms with Crippen molar-refractivity contribution in [3.63, 3.8) is 0 Å². The summed E-state index contributed by atoms with van der Waals surface area (Å²) in [5, 5.41) is 23.8. The molecule has 106 valence electrons. The third kappa shape index (κ3) is 4.23. The Morgan fingerprint density at radius 2 is 2.15 bits per heavy atom. The van der Waals surface area contributed by atoms with E-state index in [-0.39, 0.29) is 11.7 Å². The van der Waals surface area contributed by atoms with Crippen LogP contribution in [-0.2, 0) is 11.8 Å². The van der Waals surface area contributed by atoms with Crippen LogP contribution in [0.3, 0.4) is 0 Å². The van der Waals surface area contributed by atoms with Gasteiger partial charge in [0.15, 0.2) is 0 Å². The average Bonchev–Trinajstić information content (AvgIpc) is 2.83. The van der Waals surface area contributed by atoms with E-state index in [2.05, 4.69) is 20.8 Å². The van der Waals surface area contributed by atoms with E-state index in [4.69, 9.17) is 5.11 Å². The van der Waals surface area contributed by atoms with Crippen molar-refractivity contribution in [2.45, 2.75) is 18.0 Å². The van der Waals surface area contributed by atoms with Gasteiger partial charge in [-0.3, -0.25) is 4.79 Å². The predicted molar refractivity (Wildman–Crippen MR) is 75.5 cm³/mol. The van der Waals surface area contributed by atoms with Crippen LogP contribution in [0.25, 0.3) is 0 Å². The number of hydrogen-bond donors (Lipinski definition) is 2. The molecule has 0 saturated heterocycles. The normalized spacial score (nSPS) is 10.4. The van der Waals surface area contributed by atoms with Gasteiger partial charge in [-0.25, -0.2) is 4.68 Å². The minimum absolute atomic E-state index is 0.0487. The van der Waals surface area contributed by atoms with E-state index in [0.29, 0.717) is 12.1 Å². The first-order chi connectivity index (χ1) is 9.65. The Morgan fingerprint density at radius 1 is 1.40 bits per heavy atom. The number of aryl methyl sites for hydroxylation is 1. The van der Waals surface area contributed by atoms with Crippen molar-refractivity contribution in [2.24, 2.45) is 7.05 Å². The molecule has 0 saturated carbocycles. The van der Waals surface area contributed by atoms with Crippen molar-refractivity contribution >= 4 is 23.4 Å². The van der Waals surface area contributed by atoms with Gasteiger partial charge in [-0.2, -0.15) is 0 Å². The number of aromatic hydroxyl groups is 1. The summed E-state index contributed by atoms with van der Waals surface area (Å²) < 4.78 is 1.60. The monoisotopic (exact) mass is 293 g/mol. The van der Waals surface area contributed by atoms with Crippen molar-refractivity contribution < 1.29 is 9.90 Å². The minimum atomic E-state index is -0.0487. The molecule has 1 aromatic carbocycles. The molecule has 1 heterocycles. The molecule has 0 aliphatic rings. The maximum Gasteiger partial charge on any atom is 0.224 e. The van der Waals surface area contributed by atoms with Gasteiger partial charge < -0.3 is 10.4 Å². The lowest BCUT2D eigenvalue weighted by Crippen LogP contribution is -2.11. The Kier molecular flexibility index (Phi) is 4.94. The van der Waals surface area contributed by atoms with Gasteiger partial charge in [0, 0.05) is 24.9 Å². The molecule has 0 atom stereocenters. The molecule has 2 aromatic rings. The van der Waals surface area contributed by atoms with E-state index >= 15 is 0 Å². The molecule has 0 unspecified atom stereocenters. The van der Waals surface area contributed by atoms with Gasteiger partial charge >= 0.3 is 0 Å². The molecule has 0 spiro atoms. The highest BCUT2D eigenvalue weighted by Crippen LogP contribution is 2.16. The van der Waals surface area contributed by atoms with E-state index in [1.807, 2.05) is 0 Å². The quantitative estimate of drug-likeness (QED) is 0.475. The van der Waals surface area contributed by atoms with Gasteiger partial charge in [0.1, 0.15) is 5.75 Å². The molecule has 0 aliphatic carbocycles. The van der Waals surface area contributed by atoms with Crippen LogP contribution in [-0.4, -0.2) is 37.0 Å². The van der Waals surface area contributed by atoms with Crippen LogP contribution in [0.1, 0.15) is 12.8 Å². The van der Waals surface area contributed by atoms with Gasteiger partial charge in [-0.15, -0.1) is 5.10 Å². The van der Waals surface area contributed by atoms with Crippen molar-refractivity contribution in [3.05, 3.63) is 24.3 Å². The molecule has 0 radical (unpaired) electrons. The maximum absolute atomic E-state index is 11.7. The topological polar surface area (TPSA) is 92.9 Å². The van der Waals surface area contributed by atoms with E-state index in [1.165, 1.54) is 23.9 Å². The first kappa shape index (κ1) is 14.3. The van der Waals surface area contributed by atoms with Crippen LogP contribution in [0.4, 0.5) is 5.69 Å². The maximum atomic E-state index is 11.7. The Morgan fingerprint density at radius 3 is 2.80 bits per heavy atom. The molecule has 0 aliphatic heterocycles. The second-order valence-electron chi connectivity index (χ2n) is 4.13. The Hall–Kier alpha value is -2.09. The zero-order valence-corrected chi connectivity index (χ0v) is 11.8. The van der Waals surface area contributed by atoms with Crippen LogP contribution >= 0.6 is 11.8 Å². The summed E-state index contributed by atoms with van der Waals surface area (Å²) >= 11 is 1.52. The molecule has 2 rings (SSSR count). The zero-order chi connectivity index (χ0) is 14.4. The number of tetrazole rings is 1. The van der Waals surface area contributed by atoms with Crippen LogP contribution < -0.4 is 5.32 Å². The summed E-state index contributed by atoms with van der Waals surface area (Å²) in [4.78, 5) is 11.7. The van der Waals surface area contributed by atoms with Crippen LogP contribution in [0.2, 0.25) is 0 Å². The second-order valence-corrected chi connectivity index (χ2v) is 5.19. The van der Waals surface area contributed by atoms with Crippen LogP contribution in [0.15, 0.2) is 29.4 Å². The number of carbonyl (C=O) groups excluding carboxylic acids is 1. The Labute approximate surface area is 120 Å². The summed E-state index contributed by atoms with van der Waals surface area (Å²) in [7, 11) is 1.78. The molecular weight excluding hydrogens is 278 g/mol. The van der Waals surface area contributed by atoms with E-state index in [9.17, 15) is 4.79 Å². The van der Waals surface area contributed by atoms with E-state index < -0.39 is 0 Å². The lowest BCUT2D eigenvalue weighted by molar-refractivity contribution is -0.116. The molecule has 0 fully saturated rings. The van der Waals surface area contributed by atoms with Gasteiger partial charge in [0.05, 0.1) is 0 Å². The molecule has 0 bridgehead atoms. The van der Waals surface area contributed by atoms with Crippen LogP contribution in [0, 0.1) is 0 Å². The number of benzene rings is 1. The lowest BCUT2D eigenvalue weighted by Gasteiger charge is -2.05. The smallest absolute Gasteiger partial charge is 0.224 e. The van der Waals surface area contributed by atoms with Gasteiger partial charge in [0.25, 0.3) is 0 Å². The number of phenols is 1. The first-order valence-corrected chi connectivity index (χ1v) is 7.08. The number of anilines is 1. The third-order valence-corrected chi connectivity index (χ3v) is 3.61. The molecule has 8 heteroatoms. The summed E-state index contributed by atoms with van der Waals surface area (Å²) in [6.07, 6.45) is 1.17. The number of nitrogens with one attached hydrogen (secondary N) is 1. The minimum Gasteiger partial charge on any atom is -0.508 e. The van der Waals surface area contributed by atoms with Crippen molar-refractivity contribution in [2.75, 3.05) is 11.1 Å². The number of nitrogens with zero attached hydrogens (tertiary/aromatic N) is 4. The van der Waals surface area contributed by atoms with Gasteiger partial charge in [0.2, 0.25) is 11.1 Å². The number of rotatable bonds is 6. The largest absolute Gasteiger partial charge is 0.508 e. The number of carbonyl (C=O) groups is 1. The molecule has 2 N–H and O–H groups in total. The van der Waals surface area contributed by atoms with E-state index in [1.54, 1.807) is 23.9 Å². The molecular formula is C12H15N5O2S. The fraction of sp³-hybridized carbons (Fsp3) is 0.333. The average molecular weight is 293 g/mol. The third-order valence-electron chi connectivity index (χ3n) is 2.51. The molecule has 1 aromatic heterocycles. The summed E-state index contributed by atoms with van der Waals surface area (Å²) in [5.74, 6) is 0.904. The SMILES string of the molecule is Cn1nnnc1SCCCC(=O)Nc1ccc(O)cc1. The number of amides is 1. The molecule has 7 nitrogen and oxygen atoms in total. The highest BCUT2D eigenvalue weighted by molar-refractivity contribution is 7.99. The van der Waals surface area contributed by atoms with Crippen molar-refractivity contribution in [1.82, 2.24) is 20.2 Å². The summed E-state index contributed by atoms with van der Waals surface area (Å²) in [6.45, 7) is 0. The Bertz CT molecular complexity index is 569. The van der Waals surface area contributed by atoms with Gasteiger partial charge in [-0.1, -0.05) is 11.8 Å². The first-order valence-electron chi connectivity index (χ1n) is 6.09. The second kappa shape index (κ2) is 6.90. The molecule has 1 amide bonds. The zero-order valence-electron chi connectivity index (χ0n) is 11.0.